The van der Waals surface area contributed by atoms with Crippen molar-refractivity contribution in [1.82, 2.24) is 10.6 Å². The summed E-state index contributed by atoms with van der Waals surface area (Å²) in [7, 11) is 0. The lowest BCUT2D eigenvalue weighted by Gasteiger charge is -2.22. The average molecular weight is 428 g/mol. The van der Waals surface area contributed by atoms with Crippen molar-refractivity contribution in [2.75, 3.05) is 6.54 Å². The van der Waals surface area contributed by atoms with Gasteiger partial charge in [0.25, 0.3) is 0 Å². The van der Waals surface area contributed by atoms with Gasteiger partial charge in [-0.1, -0.05) is 60.7 Å². The van der Waals surface area contributed by atoms with E-state index in [0.717, 1.165) is 11.1 Å². The molecule has 0 saturated heterocycles. The van der Waals surface area contributed by atoms with Crippen molar-refractivity contribution >= 4 is 18.2 Å². The second-order valence-corrected chi connectivity index (χ2v) is 7.73. The van der Waals surface area contributed by atoms with E-state index in [4.69, 9.17) is 14.2 Å². The number of benzene rings is 2. The Morgan fingerprint density at radius 2 is 1.32 bits per heavy atom. The van der Waals surface area contributed by atoms with Gasteiger partial charge in [-0.15, -0.1) is 0 Å². The number of esters is 1. The molecular formula is C23H28N2O6. The van der Waals surface area contributed by atoms with Crippen LogP contribution in [-0.4, -0.2) is 36.3 Å². The highest BCUT2D eigenvalue weighted by Gasteiger charge is 2.25. The molecule has 2 aromatic rings. The molecule has 0 aliphatic carbocycles. The van der Waals surface area contributed by atoms with Crippen LogP contribution in [0.25, 0.3) is 0 Å². The summed E-state index contributed by atoms with van der Waals surface area (Å²) in [6.45, 7) is 5.01. The number of rotatable bonds is 8. The molecule has 0 aliphatic heterocycles. The van der Waals surface area contributed by atoms with Crippen LogP contribution < -0.4 is 10.6 Å². The van der Waals surface area contributed by atoms with Gasteiger partial charge in [-0.05, 0) is 31.9 Å². The van der Waals surface area contributed by atoms with E-state index >= 15 is 0 Å². The molecule has 2 amide bonds. The number of carbonyl (C=O) groups excluding carboxylic acids is 3. The van der Waals surface area contributed by atoms with Gasteiger partial charge < -0.3 is 24.8 Å². The van der Waals surface area contributed by atoms with Crippen LogP contribution in [0.3, 0.4) is 0 Å². The van der Waals surface area contributed by atoms with Gasteiger partial charge in [0.1, 0.15) is 24.9 Å². The number of carbonyl (C=O) groups is 3. The van der Waals surface area contributed by atoms with E-state index in [1.165, 1.54) is 0 Å². The van der Waals surface area contributed by atoms with Gasteiger partial charge in [-0.3, -0.25) is 0 Å². The highest BCUT2D eigenvalue weighted by Crippen LogP contribution is 2.07. The fourth-order valence-corrected chi connectivity index (χ4v) is 2.43. The van der Waals surface area contributed by atoms with Crippen molar-refractivity contribution in [3.8, 4) is 0 Å². The quantitative estimate of drug-likeness (QED) is 0.492. The van der Waals surface area contributed by atoms with Crippen LogP contribution in [0.2, 0.25) is 0 Å². The summed E-state index contributed by atoms with van der Waals surface area (Å²) >= 11 is 0. The van der Waals surface area contributed by atoms with Crippen molar-refractivity contribution in [3.63, 3.8) is 0 Å². The molecule has 8 heteroatoms. The molecule has 0 radical (unpaired) electrons. The summed E-state index contributed by atoms with van der Waals surface area (Å²) in [6, 6.07) is 17.1. The zero-order valence-corrected chi connectivity index (χ0v) is 17.9. The topological polar surface area (TPSA) is 103 Å². The second kappa shape index (κ2) is 11.6. The van der Waals surface area contributed by atoms with Crippen LogP contribution in [-0.2, 0) is 32.2 Å². The van der Waals surface area contributed by atoms with Gasteiger partial charge in [-0.2, -0.15) is 0 Å². The minimum absolute atomic E-state index is 0.0311. The third-order valence-corrected chi connectivity index (χ3v) is 3.86. The van der Waals surface area contributed by atoms with Gasteiger partial charge in [-0.25, -0.2) is 14.4 Å². The molecule has 0 spiro atoms. The van der Waals surface area contributed by atoms with Crippen molar-refractivity contribution in [2.24, 2.45) is 0 Å². The molecule has 0 saturated carbocycles. The van der Waals surface area contributed by atoms with Gasteiger partial charge in [0, 0.05) is 0 Å². The van der Waals surface area contributed by atoms with E-state index in [0.29, 0.717) is 0 Å². The zero-order valence-electron chi connectivity index (χ0n) is 17.9. The van der Waals surface area contributed by atoms with E-state index in [9.17, 15) is 14.4 Å². The Balaban J connectivity index is 1.93. The summed E-state index contributed by atoms with van der Waals surface area (Å²) < 4.78 is 15.6. The third kappa shape index (κ3) is 9.66. The monoisotopic (exact) mass is 428 g/mol. The molecule has 0 aromatic heterocycles. The van der Waals surface area contributed by atoms with E-state index in [-0.39, 0.29) is 19.8 Å². The molecule has 0 fully saturated rings. The number of amides is 2. The second-order valence-electron chi connectivity index (χ2n) is 7.73. The molecule has 0 unspecified atom stereocenters. The Morgan fingerprint density at radius 3 is 1.84 bits per heavy atom. The number of ether oxygens (including phenoxy) is 3. The number of hydrogen-bond acceptors (Lipinski definition) is 6. The first-order valence-corrected chi connectivity index (χ1v) is 9.87. The van der Waals surface area contributed by atoms with Crippen LogP contribution in [0, 0.1) is 0 Å². The minimum atomic E-state index is -1.15. The summed E-state index contributed by atoms with van der Waals surface area (Å²) in [4.78, 5) is 36.7. The SMILES string of the molecule is CC(C)(C)OC(=O)NC[C@H](NC(=O)OCc1ccccc1)C(=O)OCc1ccccc1. The molecule has 8 nitrogen and oxygen atoms in total. The lowest BCUT2D eigenvalue weighted by molar-refractivity contribution is -0.147. The van der Waals surface area contributed by atoms with Crippen LogP contribution in [0.5, 0.6) is 0 Å². The predicted octanol–water partition coefficient (Wildman–Crippen LogP) is 3.55. The Bertz CT molecular complexity index is 849. The van der Waals surface area contributed by atoms with E-state index in [1.54, 1.807) is 20.8 Å². The minimum Gasteiger partial charge on any atom is -0.459 e. The highest BCUT2D eigenvalue weighted by atomic mass is 16.6. The van der Waals surface area contributed by atoms with Crippen molar-refractivity contribution < 1.29 is 28.6 Å². The van der Waals surface area contributed by atoms with Crippen LogP contribution >= 0.6 is 0 Å². The maximum atomic E-state index is 12.5. The van der Waals surface area contributed by atoms with Gasteiger partial charge in [0.05, 0.1) is 6.54 Å². The lowest BCUT2D eigenvalue weighted by atomic mass is 10.2. The number of hydrogen-bond donors (Lipinski definition) is 2. The van der Waals surface area contributed by atoms with Crippen molar-refractivity contribution in [1.29, 1.82) is 0 Å². The lowest BCUT2D eigenvalue weighted by Crippen LogP contribution is -2.49. The molecule has 166 valence electrons. The first-order valence-electron chi connectivity index (χ1n) is 9.87. The third-order valence-electron chi connectivity index (χ3n) is 3.86. The van der Waals surface area contributed by atoms with Crippen molar-refractivity contribution in [3.05, 3.63) is 71.8 Å². The molecular weight excluding hydrogens is 400 g/mol. The maximum absolute atomic E-state index is 12.5. The fraction of sp³-hybridized carbons (Fsp3) is 0.348. The molecule has 2 rings (SSSR count). The predicted molar refractivity (Wildman–Crippen MR) is 114 cm³/mol. The van der Waals surface area contributed by atoms with E-state index in [2.05, 4.69) is 10.6 Å². The zero-order chi connectivity index (χ0) is 22.7. The summed E-state index contributed by atoms with van der Waals surface area (Å²) in [5.41, 5.74) is 0.893. The van der Waals surface area contributed by atoms with Gasteiger partial charge >= 0.3 is 18.2 Å². The molecule has 0 heterocycles. The Kier molecular flexibility index (Phi) is 8.87. The fourth-order valence-electron chi connectivity index (χ4n) is 2.43. The Labute approximate surface area is 181 Å². The average Bonchev–Trinajstić information content (AvgIpc) is 2.73. The van der Waals surface area contributed by atoms with Crippen LogP contribution in [0.1, 0.15) is 31.9 Å². The molecule has 0 aliphatic rings. The van der Waals surface area contributed by atoms with E-state index < -0.39 is 29.8 Å². The first-order chi connectivity index (χ1) is 14.7. The van der Waals surface area contributed by atoms with Gasteiger partial charge in [0.2, 0.25) is 0 Å². The molecule has 1 atom stereocenters. The summed E-state index contributed by atoms with van der Waals surface area (Å²) in [5, 5.41) is 4.90. The standard InChI is InChI=1S/C23H28N2O6/c1-23(2,3)31-21(27)24-14-19(20(26)29-15-17-10-6-4-7-11-17)25-22(28)30-16-18-12-8-5-9-13-18/h4-13,19H,14-16H2,1-3H3,(H,24,27)(H,25,28)/t19-/m0/s1. The Hall–Kier alpha value is -3.55. The van der Waals surface area contributed by atoms with Crippen LogP contribution in [0.15, 0.2) is 60.7 Å². The van der Waals surface area contributed by atoms with Gasteiger partial charge in [0.15, 0.2) is 0 Å². The maximum Gasteiger partial charge on any atom is 0.408 e. The highest BCUT2D eigenvalue weighted by molar-refractivity contribution is 5.82. The number of alkyl carbamates (subject to hydrolysis) is 2. The Morgan fingerprint density at radius 1 is 0.806 bits per heavy atom. The van der Waals surface area contributed by atoms with E-state index in [1.807, 2.05) is 60.7 Å². The first kappa shape index (κ1) is 23.7. The molecule has 2 N–H and O–H groups in total. The normalized spacial score (nSPS) is 11.7. The largest absolute Gasteiger partial charge is 0.459 e. The summed E-state index contributed by atoms with van der Waals surface area (Å²) in [5.74, 6) is -0.712. The number of nitrogens with one attached hydrogen (secondary N) is 2. The molecule has 0 bridgehead atoms. The molecule has 2 aromatic carbocycles. The van der Waals surface area contributed by atoms with Crippen LogP contribution in [0.4, 0.5) is 9.59 Å². The summed E-state index contributed by atoms with van der Waals surface area (Å²) in [6.07, 6.45) is -1.52. The van der Waals surface area contributed by atoms with Crippen molar-refractivity contribution in [2.45, 2.75) is 45.6 Å². The molecule has 31 heavy (non-hydrogen) atoms. The smallest absolute Gasteiger partial charge is 0.408 e.